The fourth-order valence-electron chi connectivity index (χ4n) is 1.84. The van der Waals surface area contributed by atoms with Gasteiger partial charge in [0.1, 0.15) is 5.75 Å². The molecule has 1 aromatic heterocycles. The van der Waals surface area contributed by atoms with Gasteiger partial charge in [-0.25, -0.2) is 0 Å². The normalized spacial score (nSPS) is 10.6. The lowest BCUT2D eigenvalue weighted by Crippen LogP contribution is -1.93. The van der Waals surface area contributed by atoms with Gasteiger partial charge in [0.05, 0.1) is 12.7 Å². The number of ether oxygens (including phenoxy) is 1. The van der Waals surface area contributed by atoms with E-state index < -0.39 is 0 Å². The number of methoxy groups -OCH3 is 1. The molecule has 0 unspecified atom stereocenters. The third-order valence-electron chi connectivity index (χ3n) is 2.81. The van der Waals surface area contributed by atoms with Crippen LogP contribution in [0, 0.1) is 6.92 Å². The number of aryl methyl sites for hydroxylation is 2. The zero-order chi connectivity index (χ0) is 11.0. The number of fused-ring (bicyclic) bond motifs is 1. The van der Waals surface area contributed by atoms with Crippen LogP contribution >= 0.6 is 0 Å². The van der Waals surface area contributed by atoms with Crippen LogP contribution in [-0.4, -0.2) is 18.0 Å². The Kier molecular flexibility index (Phi) is 2.23. The average Bonchev–Trinajstić information content (AvgIpc) is 2.54. The highest BCUT2D eigenvalue weighted by atomic mass is 16.5. The third-order valence-corrected chi connectivity index (χ3v) is 2.81. The van der Waals surface area contributed by atoms with Gasteiger partial charge >= 0.3 is 0 Å². The molecule has 0 fully saturated rings. The predicted molar refractivity (Wildman–Crippen MR) is 59.6 cm³/mol. The molecule has 3 nitrogen and oxygen atoms in total. The predicted octanol–water partition coefficient (Wildman–Crippen LogP) is 2.31. The molecule has 0 N–H and O–H groups in total. The second-order valence-electron chi connectivity index (χ2n) is 3.58. The van der Waals surface area contributed by atoms with E-state index in [0.29, 0.717) is 11.3 Å². The molecular formula is C12H13NO2. The Labute approximate surface area is 88.3 Å². The summed E-state index contributed by atoms with van der Waals surface area (Å²) in [5.41, 5.74) is 2.80. The first-order chi connectivity index (χ1) is 7.19. The van der Waals surface area contributed by atoms with Crippen molar-refractivity contribution in [2.24, 2.45) is 7.05 Å². The maximum atomic E-state index is 11.0. The summed E-state index contributed by atoms with van der Waals surface area (Å²) in [4.78, 5) is 11.0. The molecule has 0 spiro atoms. The average molecular weight is 203 g/mol. The maximum Gasteiger partial charge on any atom is 0.154 e. The molecule has 1 heterocycles. The summed E-state index contributed by atoms with van der Waals surface area (Å²) in [5.74, 6) is 0.628. The van der Waals surface area contributed by atoms with Gasteiger partial charge in [-0.1, -0.05) is 0 Å². The van der Waals surface area contributed by atoms with Crippen LogP contribution in [0.15, 0.2) is 18.2 Å². The lowest BCUT2D eigenvalue weighted by molar-refractivity contribution is 0.112. The molecule has 1 aromatic carbocycles. The minimum absolute atomic E-state index is 0.624. The van der Waals surface area contributed by atoms with E-state index in [1.807, 2.05) is 32.2 Å². The number of hydrogen-bond acceptors (Lipinski definition) is 2. The minimum Gasteiger partial charge on any atom is -0.496 e. The van der Waals surface area contributed by atoms with Gasteiger partial charge < -0.3 is 9.30 Å². The molecule has 0 aliphatic heterocycles. The molecule has 15 heavy (non-hydrogen) atoms. The fourth-order valence-corrected chi connectivity index (χ4v) is 1.84. The van der Waals surface area contributed by atoms with Crippen molar-refractivity contribution in [3.63, 3.8) is 0 Å². The van der Waals surface area contributed by atoms with Gasteiger partial charge in [-0.2, -0.15) is 0 Å². The summed E-state index contributed by atoms with van der Waals surface area (Å²) in [6, 6.07) is 5.79. The van der Waals surface area contributed by atoms with Gasteiger partial charge in [-0.3, -0.25) is 4.79 Å². The number of carbonyl (C=O) groups is 1. The Hall–Kier alpha value is -1.77. The molecule has 0 radical (unpaired) electrons. The van der Waals surface area contributed by atoms with Crippen molar-refractivity contribution < 1.29 is 9.53 Å². The van der Waals surface area contributed by atoms with E-state index in [1.54, 1.807) is 7.11 Å². The van der Waals surface area contributed by atoms with Crippen molar-refractivity contribution in [3.8, 4) is 5.75 Å². The van der Waals surface area contributed by atoms with Crippen molar-refractivity contribution in [1.82, 2.24) is 4.57 Å². The summed E-state index contributed by atoms with van der Waals surface area (Å²) in [6.07, 6.45) is 0.848. The SMILES string of the molecule is COc1ccc2c(cc(C)n2C)c1C=O. The molecule has 78 valence electrons. The Morgan fingerprint density at radius 1 is 1.40 bits per heavy atom. The van der Waals surface area contributed by atoms with E-state index in [9.17, 15) is 4.79 Å². The van der Waals surface area contributed by atoms with Crippen LogP contribution < -0.4 is 4.74 Å². The van der Waals surface area contributed by atoms with Gasteiger partial charge in [0.25, 0.3) is 0 Å². The highest BCUT2D eigenvalue weighted by molar-refractivity contribution is 6.00. The van der Waals surface area contributed by atoms with Gasteiger partial charge in [0.15, 0.2) is 6.29 Å². The van der Waals surface area contributed by atoms with Crippen LogP contribution in [0.25, 0.3) is 10.9 Å². The molecule has 0 amide bonds. The molecule has 0 atom stereocenters. The van der Waals surface area contributed by atoms with Crippen LogP contribution in [0.4, 0.5) is 0 Å². The Bertz CT molecular complexity index is 526. The molecule has 0 aliphatic rings. The first-order valence-corrected chi connectivity index (χ1v) is 4.77. The monoisotopic (exact) mass is 203 g/mol. The smallest absolute Gasteiger partial charge is 0.154 e. The number of aldehydes is 1. The number of nitrogens with zero attached hydrogens (tertiary/aromatic N) is 1. The van der Waals surface area contributed by atoms with E-state index in [-0.39, 0.29) is 0 Å². The Morgan fingerprint density at radius 3 is 2.73 bits per heavy atom. The fraction of sp³-hybridized carbons (Fsp3) is 0.250. The largest absolute Gasteiger partial charge is 0.496 e. The van der Waals surface area contributed by atoms with E-state index in [2.05, 4.69) is 4.57 Å². The summed E-state index contributed by atoms with van der Waals surface area (Å²) >= 11 is 0. The number of hydrogen-bond donors (Lipinski definition) is 0. The van der Waals surface area contributed by atoms with Crippen LogP contribution in [0.1, 0.15) is 16.1 Å². The van der Waals surface area contributed by atoms with Gasteiger partial charge in [0, 0.05) is 23.6 Å². The minimum atomic E-state index is 0.624. The van der Waals surface area contributed by atoms with E-state index in [4.69, 9.17) is 4.74 Å². The summed E-state index contributed by atoms with van der Waals surface area (Å²) in [5, 5.41) is 0.948. The van der Waals surface area contributed by atoms with Crippen molar-refractivity contribution >= 4 is 17.2 Å². The van der Waals surface area contributed by atoms with Gasteiger partial charge in [-0.05, 0) is 25.1 Å². The van der Waals surface area contributed by atoms with Crippen molar-refractivity contribution in [3.05, 3.63) is 29.5 Å². The first-order valence-electron chi connectivity index (χ1n) is 4.77. The molecule has 0 saturated carbocycles. The molecule has 0 aliphatic carbocycles. The topological polar surface area (TPSA) is 31.2 Å². The molecule has 2 aromatic rings. The van der Waals surface area contributed by atoms with Crippen LogP contribution in [-0.2, 0) is 7.05 Å². The zero-order valence-electron chi connectivity index (χ0n) is 9.07. The van der Waals surface area contributed by atoms with Crippen molar-refractivity contribution in [1.29, 1.82) is 0 Å². The number of benzene rings is 1. The summed E-state index contributed by atoms with van der Waals surface area (Å²) in [6.45, 7) is 2.01. The highest BCUT2D eigenvalue weighted by Crippen LogP contribution is 2.28. The summed E-state index contributed by atoms with van der Waals surface area (Å²) in [7, 11) is 3.56. The number of carbonyl (C=O) groups excluding carboxylic acids is 1. The maximum absolute atomic E-state index is 11.0. The number of aromatic nitrogens is 1. The Morgan fingerprint density at radius 2 is 2.13 bits per heavy atom. The third kappa shape index (κ3) is 1.31. The van der Waals surface area contributed by atoms with Crippen LogP contribution in [0.3, 0.4) is 0 Å². The first kappa shape index (κ1) is 9.77. The van der Waals surface area contributed by atoms with Gasteiger partial charge in [0.2, 0.25) is 0 Å². The molecular weight excluding hydrogens is 190 g/mol. The Balaban J connectivity index is 2.88. The van der Waals surface area contributed by atoms with Gasteiger partial charge in [-0.15, -0.1) is 0 Å². The van der Waals surface area contributed by atoms with Crippen LogP contribution in [0.5, 0.6) is 5.75 Å². The van der Waals surface area contributed by atoms with E-state index >= 15 is 0 Å². The lowest BCUT2D eigenvalue weighted by atomic mass is 10.1. The summed E-state index contributed by atoms with van der Waals surface area (Å²) < 4.78 is 7.21. The highest BCUT2D eigenvalue weighted by Gasteiger charge is 2.10. The molecule has 3 heteroatoms. The molecule has 0 saturated heterocycles. The standard InChI is InChI=1S/C12H13NO2/c1-8-6-9-10(7-14)12(15-3)5-4-11(9)13(8)2/h4-7H,1-3H3. The van der Waals surface area contributed by atoms with Crippen molar-refractivity contribution in [2.45, 2.75) is 6.92 Å². The van der Waals surface area contributed by atoms with Crippen molar-refractivity contribution in [2.75, 3.05) is 7.11 Å². The molecule has 2 rings (SSSR count). The van der Waals surface area contributed by atoms with Crippen LogP contribution in [0.2, 0.25) is 0 Å². The molecule has 0 bridgehead atoms. The second-order valence-corrected chi connectivity index (χ2v) is 3.58. The quantitative estimate of drug-likeness (QED) is 0.701. The second kappa shape index (κ2) is 3.42. The van der Waals surface area contributed by atoms with E-state index in [1.165, 1.54) is 0 Å². The number of rotatable bonds is 2. The zero-order valence-corrected chi connectivity index (χ0v) is 9.07. The lowest BCUT2D eigenvalue weighted by Gasteiger charge is -2.05. The van der Waals surface area contributed by atoms with E-state index in [0.717, 1.165) is 22.9 Å².